The van der Waals surface area contributed by atoms with Crippen molar-refractivity contribution in [2.75, 3.05) is 33.0 Å². The van der Waals surface area contributed by atoms with Crippen LogP contribution in [0.5, 0.6) is 0 Å². The summed E-state index contributed by atoms with van der Waals surface area (Å²) in [6.45, 7) is 6.99. The summed E-state index contributed by atoms with van der Waals surface area (Å²) in [5.74, 6) is 0. The lowest BCUT2D eigenvalue weighted by Gasteiger charge is -2.38. The number of rotatable bonds is 12. The minimum Gasteiger partial charge on any atom is -0.396 e. The highest BCUT2D eigenvalue weighted by atomic mass is 28.4. The van der Waals surface area contributed by atoms with E-state index >= 15 is 0 Å². The summed E-state index contributed by atoms with van der Waals surface area (Å²) in [4.78, 5) is 0. The topological polar surface area (TPSA) is 94.2 Å². The molecule has 0 rings (SSSR count). The van der Waals surface area contributed by atoms with Gasteiger partial charge >= 0.3 is 8.80 Å². The number of aliphatic hydroxyl groups is 2. The Morgan fingerprint density at radius 2 is 1.53 bits per heavy atom. The summed E-state index contributed by atoms with van der Waals surface area (Å²) < 4.78 is 17.6. The Morgan fingerprint density at radius 1 is 1.05 bits per heavy atom. The normalized spacial score (nSPS) is 12.9. The van der Waals surface area contributed by atoms with Crippen molar-refractivity contribution in [3.8, 4) is 0 Å². The average Bonchev–Trinajstić information content (AvgIpc) is 2.30. The molecule has 19 heavy (non-hydrogen) atoms. The zero-order valence-corrected chi connectivity index (χ0v) is 13.4. The van der Waals surface area contributed by atoms with Gasteiger partial charge in [0.2, 0.25) is 0 Å². The molecule has 0 amide bonds. The van der Waals surface area contributed by atoms with E-state index in [2.05, 4.69) is 0 Å². The van der Waals surface area contributed by atoms with Crippen molar-refractivity contribution >= 4 is 8.80 Å². The van der Waals surface area contributed by atoms with E-state index in [0.717, 1.165) is 0 Å². The Hall–Kier alpha value is -0.0231. The first-order valence-electron chi connectivity index (χ1n) is 6.91. The predicted octanol–water partition coefficient (Wildman–Crippen LogP) is 0.497. The molecule has 0 saturated heterocycles. The first kappa shape index (κ1) is 19.0. The smallest absolute Gasteiger partial charge is 0.396 e. The zero-order valence-electron chi connectivity index (χ0n) is 12.4. The lowest BCUT2D eigenvalue weighted by atomic mass is 9.99. The van der Waals surface area contributed by atoms with Gasteiger partial charge in [0, 0.05) is 32.5 Å². The van der Waals surface area contributed by atoms with Crippen LogP contribution >= 0.6 is 0 Å². The first-order chi connectivity index (χ1) is 9.01. The molecule has 0 aromatic heterocycles. The van der Waals surface area contributed by atoms with Gasteiger partial charge in [0.15, 0.2) is 0 Å². The largest absolute Gasteiger partial charge is 0.502 e. The van der Waals surface area contributed by atoms with Crippen molar-refractivity contribution in [2.24, 2.45) is 5.73 Å². The van der Waals surface area contributed by atoms with Crippen LogP contribution in [-0.4, -0.2) is 57.6 Å². The van der Waals surface area contributed by atoms with Crippen molar-refractivity contribution in [2.45, 2.75) is 45.3 Å². The molecule has 0 aromatic carbocycles. The molecule has 4 N–H and O–H groups in total. The van der Waals surface area contributed by atoms with Crippen LogP contribution in [0.3, 0.4) is 0 Å². The monoisotopic (exact) mass is 295 g/mol. The number of aliphatic hydroxyl groups excluding tert-OH is 2. The predicted molar refractivity (Wildman–Crippen MR) is 75.8 cm³/mol. The molecule has 0 aliphatic carbocycles. The molecule has 0 aliphatic rings. The second-order valence-electron chi connectivity index (χ2n) is 4.59. The number of nitrogens with two attached hydrogens (primary N) is 1. The molecule has 0 atom stereocenters. The fourth-order valence-electron chi connectivity index (χ4n) is 1.99. The van der Waals surface area contributed by atoms with Crippen LogP contribution in [0.15, 0.2) is 0 Å². The van der Waals surface area contributed by atoms with Gasteiger partial charge in [-0.15, -0.1) is 0 Å². The summed E-state index contributed by atoms with van der Waals surface area (Å²) in [6, 6.07) is 0.529. The standard InChI is InChI=1S/C12H29NO5Si/c1-4-16-19(11-8-13,17-5-2)18-12(3,6-9-14)7-10-15/h14-15H,4-11,13H2,1-3H3. The Kier molecular flexibility index (Phi) is 9.80. The van der Waals surface area contributed by atoms with Crippen LogP contribution in [0.4, 0.5) is 0 Å². The van der Waals surface area contributed by atoms with Gasteiger partial charge in [0.1, 0.15) is 0 Å². The molecule has 0 bridgehead atoms. The van der Waals surface area contributed by atoms with E-state index in [9.17, 15) is 0 Å². The van der Waals surface area contributed by atoms with E-state index < -0.39 is 14.4 Å². The Labute approximate surface area is 117 Å². The van der Waals surface area contributed by atoms with Crippen LogP contribution < -0.4 is 5.73 Å². The molecule has 0 fully saturated rings. The van der Waals surface area contributed by atoms with Gasteiger partial charge in [0.25, 0.3) is 0 Å². The number of hydrogen-bond donors (Lipinski definition) is 3. The van der Waals surface area contributed by atoms with Crippen molar-refractivity contribution in [1.82, 2.24) is 0 Å². The molecular formula is C12H29NO5Si. The minimum absolute atomic E-state index is 0.0120. The summed E-state index contributed by atoms with van der Waals surface area (Å²) in [7, 11) is -2.85. The molecule has 6 nitrogen and oxygen atoms in total. The maximum Gasteiger partial charge on any atom is 0.502 e. The number of hydrogen-bond acceptors (Lipinski definition) is 6. The SMILES string of the molecule is CCO[Si](CCN)(OCC)OC(C)(CCO)CCO. The van der Waals surface area contributed by atoms with E-state index in [0.29, 0.717) is 38.6 Å². The van der Waals surface area contributed by atoms with E-state index in [-0.39, 0.29) is 13.2 Å². The van der Waals surface area contributed by atoms with Gasteiger partial charge in [-0.2, -0.15) is 0 Å². The molecule has 116 valence electrons. The summed E-state index contributed by atoms with van der Waals surface area (Å²) in [5.41, 5.74) is 4.98. The molecular weight excluding hydrogens is 266 g/mol. The maximum atomic E-state index is 9.16. The van der Waals surface area contributed by atoms with Gasteiger partial charge in [-0.05, 0) is 40.2 Å². The van der Waals surface area contributed by atoms with Gasteiger partial charge in [0.05, 0.1) is 5.60 Å². The van der Waals surface area contributed by atoms with E-state index in [1.165, 1.54) is 0 Å². The minimum atomic E-state index is -2.85. The van der Waals surface area contributed by atoms with Gasteiger partial charge < -0.3 is 29.2 Å². The van der Waals surface area contributed by atoms with Crippen molar-refractivity contribution in [1.29, 1.82) is 0 Å². The van der Waals surface area contributed by atoms with Crippen LogP contribution in [-0.2, 0) is 13.3 Å². The highest BCUT2D eigenvalue weighted by molar-refractivity contribution is 6.60. The molecule has 0 radical (unpaired) electrons. The van der Waals surface area contributed by atoms with E-state index in [1.807, 2.05) is 20.8 Å². The second-order valence-corrected chi connectivity index (χ2v) is 7.23. The summed E-state index contributed by atoms with van der Waals surface area (Å²) in [6.07, 6.45) is 0.847. The third-order valence-corrected chi connectivity index (χ3v) is 6.02. The van der Waals surface area contributed by atoms with Crippen LogP contribution in [0, 0.1) is 0 Å². The van der Waals surface area contributed by atoms with Gasteiger partial charge in [-0.25, -0.2) is 0 Å². The Morgan fingerprint density at radius 3 is 1.84 bits per heavy atom. The highest BCUT2D eigenvalue weighted by Crippen LogP contribution is 2.28. The fraction of sp³-hybridized carbons (Fsp3) is 1.00. The molecule has 7 heteroatoms. The summed E-state index contributed by atoms with van der Waals surface area (Å²) in [5, 5.41) is 18.3. The highest BCUT2D eigenvalue weighted by Gasteiger charge is 2.45. The lowest BCUT2D eigenvalue weighted by molar-refractivity contribution is -0.0424. The van der Waals surface area contributed by atoms with Crippen molar-refractivity contribution < 1.29 is 23.5 Å². The van der Waals surface area contributed by atoms with Crippen molar-refractivity contribution in [3.63, 3.8) is 0 Å². The molecule has 0 heterocycles. The van der Waals surface area contributed by atoms with E-state index in [4.69, 9.17) is 29.2 Å². The van der Waals surface area contributed by atoms with Gasteiger partial charge in [-0.3, -0.25) is 0 Å². The Balaban J connectivity index is 4.99. The molecule has 0 aliphatic heterocycles. The molecule has 0 unspecified atom stereocenters. The average molecular weight is 295 g/mol. The molecule has 0 spiro atoms. The van der Waals surface area contributed by atoms with Gasteiger partial charge in [-0.1, -0.05) is 0 Å². The maximum absolute atomic E-state index is 9.16. The molecule has 0 aromatic rings. The summed E-state index contributed by atoms with van der Waals surface area (Å²) >= 11 is 0. The van der Waals surface area contributed by atoms with Crippen molar-refractivity contribution in [3.05, 3.63) is 0 Å². The van der Waals surface area contributed by atoms with Crippen LogP contribution in [0.1, 0.15) is 33.6 Å². The van der Waals surface area contributed by atoms with E-state index in [1.54, 1.807) is 0 Å². The first-order valence-corrected chi connectivity index (χ1v) is 8.84. The zero-order chi connectivity index (χ0) is 14.8. The lowest BCUT2D eigenvalue weighted by Crippen LogP contribution is -2.53. The fourth-order valence-corrected chi connectivity index (χ4v) is 4.77. The Bertz CT molecular complexity index is 207. The van der Waals surface area contributed by atoms with Crippen LogP contribution in [0.2, 0.25) is 6.04 Å². The third-order valence-electron chi connectivity index (χ3n) is 2.86. The third kappa shape index (κ3) is 6.80. The molecule has 0 saturated carbocycles. The second kappa shape index (κ2) is 9.81. The quantitative estimate of drug-likeness (QED) is 0.454. The van der Waals surface area contributed by atoms with Crippen LogP contribution in [0.25, 0.3) is 0 Å².